The topological polar surface area (TPSA) is 62.7 Å². The zero-order chi connectivity index (χ0) is 13.7. The van der Waals surface area contributed by atoms with E-state index in [2.05, 4.69) is 4.98 Å². The van der Waals surface area contributed by atoms with Crippen LogP contribution in [-0.2, 0) is 4.74 Å². The third-order valence-corrected chi connectivity index (χ3v) is 2.77. The van der Waals surface area contributed by atoms with Gasteiger partial charge in [-0.25, -0.2) is 4.79 Å². The number of hydrogen-bond donors (Lipinski definition) is 1. The van der Waals surface area contributed by atoms with Crippen LogP contribution in [0, 0.1) is 13.8 Å². The highest BCUT2D eigenvalue weighted by molar-refractivity contribution is 5.95. The molecule has 1 aromatic rings. The number of rotatable bonds is 6. The number of nitrogens with zero attached hydrogens (tertiary/aromatic N) is 2. The Balaban J connectivity index is 3.02. The zero-order valence-corrected chi connectivity index (χ0v) is 11.4. The first-order valence-electron chi connectivity index (χ1n) is 5.89. The lowest BCUT2D eigenvalue weighted by Crippen LogP contribution is -2.23. The molecule has 0 radical (unpaired) electrons. The molecule has 1 rings (SSSR count). The minimum atomic E-state index is -0.936. The molecule has 0 unspecified atom stereocenters. The van der Waals surface area contributed by atoms with Gasteiger partial charge in [-0.05, 0) is 26.3 Å². The van der Waals surface area contributed by atoms with E-state index >= 15 is 0 Å². The van der Waals surface area contributed by atoms with Crippen molar-refractivity contribution in [2.75, 3.05) is 32.2 Å². The number of hydrogen-bond acceptors (Lipinski definition) is 4. The molecule has 5 heteroatoms. The molecule has 0 saturated heterocycles. The molecule has 100 valence electrons. The average molecular weight is 252 g/mol. The number of carbonyl (C=O) groups is 1. The monoisotopic (exact) mass is 252 g/mol. The Morgan fingerprint density at radius 1 is 1.50 bits per heavy atom. The maximum Gasteiger partial charge on any atom is 0.339 e. The lowest BCUT2D eigenvalue weighted by Gasteiger charge is -2.22. The molecule has 0 aromatic carbocycles. The second kappa shape index (κ2) is 6.35. The first-order valence-corrected chi connectivity index (χ1v) is 5.89. The molecular formula is C13H20N2O3. The molecule has 18 heavy (non-hydrogen) atoms. The Hall–Kier alpha value is -1.62. The van der Waals surface area contributed by atoms with Gasteiger partial charge in [0, 0.05) is 33.0 Å². The van der Waals surface area contributed by atoms with E-state index < -0.39 is 5.97 Å². The molecule has 0 bridgehead atoms. The second-order valence-corrected chi connectivity index (χ2v) is 4.32. The number of ether oxygens (including phenoxy) is 1. The molecule has 0 fully saturated rings. The summed E-state index contributed by atoms with van der Waals surface area (Å²) in [5.41, 5.74) is 2.37. The Morgan fingerprint density at radius 2 is 2.17 bits per heavy atom. The van der Waals surface area contributed by atoms with Crippen LogP contribution < -0.4 is 4.90 Å². The van der Waals surface area contributed by atoms with Crippen molar-refractivity contribution >= 4 is 11.7 Å². The molecule has 0 aliphatic rings. The highest BCUT2D eigenvalue weighted by Crippen LogP contribution is 2.23. The van der Waals surface area contributed by atoms with Crippen LogP contribution in [0.2, 0.25) is 0 Å². The molecule has 0 spiro atoms. The van der Waals surface area contributed by atoms with Crippen molar-refractivity contribution in [2.24, 2.45) is 0 Å². The third kappa shape index (κ3) is 3.43. The summed E-state index contributed by atoms with van der Waals surface area (Å²) in [5.74, 6) is -0.936. The number of carboxylic acids is 1. The smallest absolute Gasteiger partial charge is 0.339 e. The Bertz CT molecular complexity index is 432. The third-order valence-electron chi connectivity index (χ3n) is 2.77. The summed E-state index contributed by atoms with van der Waals surface area (Å²) in [6.07, 6.45) is 0.854. The van der Waals surface area contributed by atoms with Crippen LogP contribution in [0.15, 0.2) is 6.07 Å². The summed E-state index contributed by atoms with van der Waals surface area (Å²) in [4.78, 5) is 17.4. The molecule has 1 heterocycles. The Morgan fingerprint density at radius 3 is 2.72 bits per heavy atom. The number of aromatic carboxylic acids is 1. The van der Waals surface area contributed by atoms with Crippen LogP contribution in [0.4, 0.5) is 5.69 Å². The van der Waals surface area contributed by atoms with E-state index in [-0.39, 0.29) is 5.56 Å². The van der Waals surface area contributed by atoms with E-state index in [0.717, 1.165) is 18.7 Å². The number of aryl methyl sites for hydroxylation is 2. The maximum absolute atomic E-state index is 11.3. The molecule has 1 N–H and O–H groups in total. The van der Waals surface area contributed by atoms with E-state index in [9.17, 15) is 9.90 Å². The molecule has 0 atom stereocenters. The highest BCUT2D eigenvalue weighted by Gasteiger charge is 2.17. The molecule has 0 aliphatic carbocycles. The second-order valence-electron chi connectivity index (χ2n) is 4.32. The first-order chi connectivity index (χ1) is 8.47. The number of carboxylic acid groups (broad SMARTS) is 1. The summed E-state index contributed by atoms with van der Waals surface area (Å²) in [6, 6.07) is 1.81. The lowest BCUT2D eigenvalue weighted by atomic mass is 10.1. The Labute approximate surface area is 107 Å². The van der Waals surface area contributed by atoms with Gasteiger partial charge in [0.1, 0.15) is 5.56 Å². The first kappa shape index (κ1) is 14.4. The van der Waals surface area contributed by atoms with Gasteiger partial charge in [0.25, 0.3) is 0 Å². The van der Waals surface area contributed by atoms with Crippen molar-refractivity contribution in [3.63, 3.8) is 0 Å². The van der Waals surface area contributed by atoms with Gasteiger partial charge in [0.15, 0.2) is 0 Å². The van der Waals surface area contributed by atoms with Crippen LogP contribution in [0.1, 0.15) is 28.2 Å². The number of aromatic nitrogens is 1. The van der Waals surface area contributed by atoms with Gasteiger partial charge in [-0.15, -0.1) is 0 Å². The van der Waals surface area contributed by atoms with Crippen molar-refractivity contribution in [3.8, 4) is 0 Å². The number of anilines is 1. The predicted molar refractivity (Wildman–Crippen MR) is 70.4 cm³/mol. The van der Waals surface area contributed by atoms with E-state index in [0.29, 0.717) is 18.0 Å². The molecule has 1 aromatic heterocycles. The van der Waals surface area contributed by atoms with Crippen molar-refractivity contribution in [1.29, 1.82) is 0 Å². The fraction of sp³-hybridized carbons (Fsp3) is 0.538. The average Bonchev–Trinajstić information content (AvgIpc) is 2.27. The van der Waals surface area contributed by atoms with Gasteiger partial charge in [0.2, 0.25) is 0 Å². The van der Waals surface area contributed by atoms with Gasteiger partial charge in [0.05, 0.1) is 11.4 Å². The predicted octanol–water partition coefficient (Wildman–Crippen LogP) is 1.87. The van der Waals surface area contributed by atoms with Crippen LogP contribution in [0.25, 0.3) is 0 Å². The largest absolute Gasteiger partial charge is 0.478 e. The highest BCUT2D eigenvalue weighted by atomic mass is 16.5. The van der Waals surface area contributed by atoms with E-state index in [1.165, 1.54) is 0 Å². The van der Waals surface area contributed by atoms with Gasteiger partial charge >= 0.3 is 5.97 Å². The summed E-state index contributed by atoms with van der Waals surface area (Å²) < 4.78 is 5.00. The van der Waals surface area contributed by atoms with E-state index in [1.54, 1.807) is 14.0 Å². The summed E-state index contributed by atoms with van der Waals surface area (Å²) >= 11 is 0. The number of pyridine rings is 1. The van der Waals surface area contributed by atoms with Crippen molar-refractivity contribution in [1.82, 2.24) is 4.98 Å². The van der Waals surface area contributed by atoms with Gasteiger partial charge in [-0.3, -0.25) is 4.98 Å². The lowest BCUT2D eigenvalue weighted by molar-refractivity contribution is 0.0696. The molecular weight excluding hydrogens is 232 g/mol. The number of methoxy groups -OCH3 is 1. The minimum absolute atomic E-state index is 0.278. The standard InChI is InChI=1S/C13H20N2O3/c1-9-8-11(15(3)6-5-7-18-4)12(13(16)17)10(2)14-9/h8H,5-7H2,1-4H3,(H,16,17). The fourth-order valence-corrected chi connectivity index (χ4v) is 1.94. The van der Waals surface area contributed by atoms with Crippen LogP contribution in [0.3, 0.4) is 0 Å². The SMILES string of the molecule is COCCCN(C)c1cc(C)nc(C)c1C(=O)O. The van der Waals surface area contributed by atoms with Crippen molar-refractivity contribution < 1.29 is 14.6 Å². The van der Waals surface area contributed by atoms with Crippen LogP contribution in [0.5, 0.6) is 0 Å². The molecule has 5 nitrogen and oxygen atoms in total. The minimum Gasteiger partial charge on any atom is -0.478 e. The summed E-state index contributed by atoms with van der Waals surface area (Å²) in [6.45, 7) is 5.00. The summed E-state index contributed by atoms with van der Waals surface area (Å²) in [5, 5.41) is 9.27. The normalized spacial score (nSPS) is 10.4. The van der Waals surface area contributed by atoms with Crippen LogP contribution >= 0.6 is 0 Å². The molecule has 0 aliphatic heterocycles. The van der Waals surface area contributed by atoms with E-state index in [1.807, 2.05) is 24.9 Å². The zero-order valence-electron chi connectivity index (χ0n) is 11.4. The Kier molecular flexibility index (Phi) is 5.09. The molecule has 0 saturated carbocycles. The van der Waals surface area contributed by atoms with Crippen molar-refractivity contribution in [3.05, 3.63) is 23.0 Å². The summed E-state index contributed by atoms with van der Waals surface area (Å²) in [7, 11) is 3.54. The quantitative estimate of drug-likeness (QED) is 0.783. The van der Waals surface area contributed by atoms with Gasteiger partial charge in [-0.2, -0.15) is 0 Å². The van der Waals surface area contributed by atoms with Crippen molar-refractivity contribution in [2.45, 2.75) is 20.3 Å². The van der Waals surface area contributed by atoms with Crippen LogP contribution in [-0.4, -0.2) is 43.4 Å². The molecule has 0 amide bonds. The van der Waals surface area contributed by atoms with Gasteiger partial charge in [-0.1, -0.05) is 0 Å². The fourth-order valence-electron chi connectivity index (χ4n) is 1.94. The maximum atomic E-state index is 11.3. The van der Waals surface area contributed by atoms with Gasteiger partial charge < -0.3 is 14.7 Å². The van der Waals surface area contributed by atoms with E-state index in [4.69, 9.17) is 4.74 Å².